The Labute approximate surface area is 203 Å². The molecule has 1 heterocycles. The third-order valence-electron chi connectivity index (χ3n) is 6.25. The van der Waals surface area contributed by atoms with Gasteiger partial charge in [-0.2, -0.15) is 0 Å². The van der Waals surface area contributed by atoms with Gasteiger partial charge in [-0.3, -0.25) is 0 Å². The zero-order valence-electron chi connectivity index (χ0n) is 21.6. The van der Waals surface area contributed by atoms with Gasteiger partial charge in [-0.1, -0.05) is 40.5 Å². The lowest BCUT2D eigenvalue weighted by Crippen LogP contribution is -2.58. The minimum atomic E-state index is -1.23. The van der Waals surface area contributed by atoms with Crippen LogP contribution in [0.15, 0.2) is 0 Å². The summed E-state index contributed by atoms with van der Waals surface area (Å²) in [4.78, 5) is 12.5. The number of aliphatic hydroxyl groups is 3. The number of aliphatic hydroxyl groups excluding tert-OH is 3. The molecule has 0 amide bonds. The van der Waals surface area contributed by atoms with Gasteiger partial charge in [0.1, 0.15) is 12.2 Å². The van der Waals surface area contributed by atoms with Gasteiger partial charge < -0.3 is 43.7 Å². The molecule has 202 valence electrons. The lowest BCUT2D eigenvalue weighted by molar-refractivity contribution is -0.318. The third kappa shape index (κ3) is 9.31. The molecule has 1 aliphatic heterocycles. The van der Waals surface area contributed by atoms with Crippen LogP contribution in [-0.4, -0.2) is 97.9 Å². The second kappa shape index (κ2) is 16.8. The van der Waals surface area contributed by atoms with E-state index in [1.54, 1.807) is 6.92 Å². The lowest BCUT2D eigenvalue weighted by Gasteiger charge is -2.44. The Kier molecular flexibility index (Phi) is 15.4. The monoisotopic (exact) mass is 494 g/mol. The number of carbonyl (C=O) groups excluding carboxylic acids is 1. The smallest absolute Gasteiger partial charge is 0.335 e. The van der Waals surface area contributed by atoms with Crippen molar-refractivity contribution in [1.29, 1.82) is 0 Å². The summed E-state index contributed by atoms with van der Waals surface area (Å²) in [5.74, 6) is -1.46. The molecule has 10 nitrogen and oxygen atoms in total. The van der Waals surface area contributed by atoms with E-state index >= 15 is 0 Å². The average Bonchev–Trinajstić information content (AvgIpc) is 2.84. The molecule has 0 aromatic rings. The standard InChI is InChI=1S/C24H46O10/c1-7-9-11-30-17(5)15(3)21(24(28)29-6)33-19(14-26)34-22-18(13-25)32-23(27)16(4)20(22)31-12-10-8-2/h15-23,25-27H,7-14H2,1-6H3/t15-,16-,17-,18?,19?,20?,21?,22-,23+/m0/s1. The molecule has 1 fully saturated rings. The summed E-state index contributed by atoms with van der Waals surface area (Å²) in [5.41, 5.74) is 0. The Bertz CT molecular complexity index is 548. The van der Waals surface area contributed by atoms with E-state index in [1.165, 1.54) is 7.11 Å². The van der Waals surface area contributed by atoms with E-state index < -0.39 is 68.0 Å². The summed E-state index contributed by atoms with van der Waals surface area (Å²) in [6.45, 7) is 9.53. The van der Waals surface area contributed by atoms with Gasteiger partial charge in [0.25, 0.3) is 0 Å². The van der Waals surface area contributed by atoms with Crippen molar-refractivity contribution >= 4 is 5.97 Å². The number of esters is 1. The van der Waals surface area contributed by atoms with Gasteiger partial charge in [0, 0.05) is 25.0 Å². The van der Waals surface area contributed by atoms with Crippen LogP contribution in [-0.2, 0) is 33.2 Å². The third-order valence-corrected chi connectivity index (χ3v) is 6.25. The van der Waals surface area contributed by atoms with Gasteiger partial charge >= 0.3 is 5.97 Å². The van der Waals surface area contributed by atoms with E-state index in [2.05, 4.69) is 6.92 Å². The molecule has 3 N–H and O–H groups in total. The molecule has 0 radical (unpaired) electrons. The molecule has 10 heteroatoms. The van der Waals surface area contributed by atoms with Crippen LogP contribution in [0.1, 0.15) is 60.3 Å². The molecule has 0 spiro atoms. The molecule has 9 atom stereocenters. The van der Waals surface area contributed by atoms with Crippen LogP contribution in [0.3, 0.4) is 0 Å². The summed E-state index contributed by atoms with van der Waals surface area (Å²) >= 11 is 0. The summed E-state index contributed by atoms with van der Waals surface area (Å²) in [5, 5.41) is 30.1. The molecule has 1 aliphatic rings. The molecule has 4 unspecified atom stereocenters. The highest BCUT2D eigenvalue weighted by Crippen LogP contribution is 2.31. The maximum atomic E-state index is 12.5. The molecular weight excluding hydrogens is 448 g/mol. The molecule has 0 saturated carbocycles. The molecule has 0 aliphatic carbocycles. The van der Waals surface area contributed by atoms with Crippen LogP contribution < -0.4 is 0 Å². The SMILES string of the molecule is CCCCOC1[C@@H](OC(CO)OC(C(=O)OC)[C@@H](C)[C@H](C)OCCCC)C(CO)O[C@@H](O)[C@H]1C. The van der Waals surface area contributed by atoms with Crippen molar-refractivity contribution < 1.29 is 48.5 Å². The Morgan fingerprint density at radius 2 is 1.71 bits per heavy atom. The Morgan fingerprint density at radius 3 is 2.26 bits per heavy atom. The van der Waals surface area contributed by atoms with Gasteiger partial charge in [-0.15, -0.1) is 0 Å². The summed E-state index contributed by atoms with van der Waals surface area (Å²) in [6, 6.07) is 0. The van der Waals surface area contributed by atoms with Crippen molar-refractivity contribution in [2.45, 2.75) is 103 Å². The number of methoxy groups -OCH3 is 1. The highest BCUT2D eigenvalue weighted by Gasteiger charge is 2.46. The first-order chi connectivity index (χ1) is 16.2. The van der Waals surface area contributed by atoms with Gasteiger partial charge in [-0.05, 0) is 19.8 Å². The second-order valence-corrected chi connectivity index (χ2v) is 8.88. The fraction of sp³-hybridized carbons (Fsp3) is 0.958. The predicted octanol–water partition coefficient (Wildman–Crippen LogP) is 1.62. The normalized spacial score (nSPS) is 28.8. The maximum absolute atomic E-state index is 12.5. The number of hydrogen-bond acceptors (Lipinski definition) is 10. The molecule has 0 aromatic heterocycles. The van der Waals surface area contributed by atoms with Gasteiger partial charge in [0.2, 0.25) is 0 Å². The van der Waals surface area contributed by atoms with E-state index in [-0.39, 0.29) is 6.10 Å². The first-order valence-corrected chi connectivity index (χ1v) is 12.4. The largest absolute Gasteiger partial charge is 0.467 e. The van der Waals surface area contributed by atoms with Crippen molar-refractivity contribution in [3.8, 4) is 0 Å². The van der Waals surface area contributed by atoms with Gasteiger partial charge in [0.15, 0.2) is 18.7 Å². The van der Waals surface area contributed by atoms with Crippen molar-refractivity contribution in [2.24, 2.45) is 11.8 Å². The second-order valence-electron chi connectivity index (χ2n) is 8.88. The topological polar surface area (TPSA) is 133 Å². The highest BCUT2D eigenvalue weighted by molar-refractivity contribution is 5.75. The van der Waals surface area contributed by atoms with Gasteiger partial charge in [0.05, 0.1) is 32.5 Å². The van der Waals surface area contributed by atoms with Crippen LogP contribution in [0.25, 0.3) is 0 Å². The van der Waals surface area contributed by atoms with E-state index in [9.17, 15) is 20.1 Å². The Hall–Kier alpha value is -0.850. The zero-order chi connectivity index (χ0) is 25.7. The lowest BCUT2D eigenvalue weighted by atomic mass is 9.92. The number of carbonyl (C=O) groups is 1. The van der Waals surface area contributed by atoms with Crippen molar-refractivity contribution in [1.82, 2.24) is 0 Å². The van der Waals surface area contributed by atoms with E-state index in [4.69, 9.17) is 28.4 Å². The van der Waals surface area contributed by atoms with Gasteiger partial charge in [-0.25, -0.2) is 4.79 Å². The summed E-state index contributed by atoms with van der Waals surface area (Å²) in [6.07, 6.45) is -2.46. The molecular formula is C24H46O10. The van der Waals surface area contributed by atoms with E-state index in [1.807, 2.05) is 20.8 Å². The summed E-state index contributed by atoms with van der Waals surface area (Å²) < 4.78 is 34.2. The van der Waals surface area contributed by atoms with Crippen LogP contribution in [0.5, 0.6) is 0 Å². The van der Waals surface area contributed by atoms with E-state index in [0.717, 1.165) is 25.7 Å². The maximum Gasteiger partial charge on any atom is 0.335 e. The Morgan fingerprint density at radius 1 is 1.06 bits per heavy atom. The Balaban J connectivity index is 3.00. The van der Waals surface area contributed by atoms with Crippen LogP contribution in [0.2, 0.25) is 0 Å². The van der Waals surface area contributed by atoms with Crippen LogP contribution >= 0.6 is 0 Å². The predicted molar refractivity (Wildman–Crippen MR) is 124 cm³/mol. The van der Waals surface area contributed by atoms with Crippen molar-refractivity contribution in [3.05, 3.63) is 0 Å². The van der Waals surface area contributed by atoms with Crippen LogP contribution in [0.4, 0.5) is 0 Å². The molecule has 0 bridgehead atoms. The average molecular weight is 495 g/mol. The quantitative estimate of drug-likeness (QED) is 0.156. The number of hydrogen-bond donors (Lipinski definition) is 3. The fourth-order valence-electron chi connectivity index (χ4n) is 3.75. The molecule has 34 heavy (non-hydrogen) atoms. The molecule has 1 rings (SSSR count). The fourth-order valence-corrected chi connectivity index (χ4v) is 3.75. The van der Waals surface area contributed by atoms with Crippen molar-refractivity contribution in [3.63, 3.8) is 0 Å². The number of unbranched alkanes of at least 4 members (excludes halogenated alkanes) is 2. The minimum absolute atomic E-state index is 0.307. The molecule has 1 saturated heterocycles. The van der Waals surface area contributed by atoms with Crippen LogP contribution in [0, 0.1) is 11.8 Å². The van der Waals surface area contributed by atoms with E-state index in [0.29, 0.717) is 13.2 Å². The summed E-state index contributed by atoms with van der Waals surface area (Å²) in [7, 11) is 1.26. The zero-order valence-corrected chi connectivity index (χ0v) is 21.6. The first-order valence-electron chi connectivity index (χ1n) is 12.4. The molecule has 0 aromatic carbocycles. The number of ether oxygens (including phenoxy) is 6. The number of rotatable bonds is 17. The minimum Gasteiger partial charge on any atom is -0.467 e. The first kappa shape index (κ1) is 31.2. The highest BCUT2D eigenvalue weighted by atomic mass is 16.7. The van der Waals surface area contributed by atoms with Crippen molar-refractivity contribution in [2.75, 3.05) is 33.5 Å².